The van der Waals surface area contributed by atoms with Crippen molar-refractivity contribution in [2.45, 2.75) is 52.4 Å². The van der Waals surface area contributed by atoms with Gasteiger partial charge in [0.1, 0.15) is 0 Å². The Hall–Kier alpha value is -0.0800. The van der Waals surface area contributed by atoms with Crippen LogP contribution in [0.4, 0.5) is 0 Å². The standard InChI is InChI=1S/C16H32N2/c1-15-7-5-11-17(13-15)9-3-4-10-18-12-6-8-16(2)14-18/h15-16H,3-14H2,1-2H3. The van der Waals surface area contributed by atoms with Gasteiger partial charge in [0.05, 0.1) is 0 Å². The van der Waals surface area contributed by atoms with Crippen LogP contribution in [0.1, 0.15) is 52.4 Å². The fraction of sp³-hybridized carbons (Fsp3) is 1.00. The molecule has 0 saturated carbocycles. The summed E-state index contributed by atoms with van der Waals surface area (Å²) in [5.74, 6) is 1.86. The third kappa shape index (κ3) is 4.89. The van der Waals surface area contributed by atoms with E-state index in [1.54, 1.807) is 0 Å². The van der Waals surface area contributed by atoms with E-state index in [2.05, 4.69) is 23.6 Å². The van der Waals surface area contributed by atoms with E-state index in [9.17, 15) is 0 Å². The summed E-state index contributed by atoms with van der Waals surface area (Å²) in [7, 11) is 0. The normalized spacial score (nSPS) is 31.7. The molecule has 2 aliphatic heterocycles. The summed E-state index contributed by atoms with van der Waals surface area (Å²) in [5, 5.41) is 0. The van der Waals surface area contributed by atoms with E-state index in [0.29, 0.717) is 0 Å². The Morgan fingerprint density at radius 1 is 0.778 bits per heavy atom. The Kier molecular flexibility index (Phi) is 5.97. The van der Waals surface area contributed by atoms with Crippen molar-refractivity contribution in [2.75, 3.05) is 39.3 Å². The molecule has 0 aromatic heterocycles. The Bertz CT molecular complexity index is 205. The topological polar surface area (TPSA) is 6.48 Å². The number of hydrogen-bond donors (Lipinski definition) is 0. The first-order chi connectivity index (χ1) is 8.74. The minimum atomic E-state index is 0.932. The molecule has 2 rings (SSSR count). The molecule has 0 radical (unpaired) electrons. The first kappa shape index (κ1) is 14.3. The third-order valence-corrected chi connectivity index (χ3v) is 4.68. The monoisotopic (exact) mass is 252 g/mol. The van der Waals surface area contributed by atoms with Crippen LogP contribution in [0.15, 0.2) is 0 Å². The van der Waals surface area contributed by atoms with Crippen molar-refractivity contribution >= 4 is 0 Å². The second-order valence-corrected chi connectivity index (χ2v) is 6.80. The summed E-state index contributed by atoms with van der Waals surface area (Å²) >= 11 is 0. The van der Waals surface area contributed by atoms with Crippen molar-refractivity contribution < 1.29 is 0 Å². The van der Waals surface area contributed by atoms with Crippen molar-refractivity contribution in [3.05, 3.63) is 0 Å². The predicted octanol–water partition coefficient (Wildman–Crippen LogP) is 3.23. The number of piperidine rings is 2. The summed E-state index contributed by atoms with van der Waals surface area (Å²) in [6, 6.07) is 0. The fourth-order valence-corrected chi connectivity index (χ4v) is 3.65. The Morgan fingerprint density at radius 3 is 1.61 bits per heavy atom. The Labute approximate surface area is 114 Å². The summed E-state index contributed by atoms with van der Waals surface area (Å²) in [6.45, 7) is 12.9. The minimum Gasteiger partial charge on any atom is -0.303 e. The summed E-state index contributed by atoms with van der Waals surface area (Å²) in [5.41, 5.74) is 0. The van der Waals surface area contributed by atoms with Crippen LogP contribution >= 0.6 is 0 Å². The van der Waals surface area contributed by atoms with Crippen LogP contribution in [0, 0.1) is 11.8 Å². The molecule has 2 atom stereocenters. The molecule has 2 fully saturated rings. The number of rotatable bonds is 5. The second-order valence-electron chi connectivity index (χ2n) is 6.80. The van der Waals surface area contributed by atoms with Crippen LogP contribution in [0.5, 0.6) is 0 Å². The first-order valence-corrected chi connectivity index (χ1v) is 8.19. The third-order valence-electron chi connectivity index (χ3n) is 4.68. The van der Waals surface area contributed by atoms with Crippen LogP contribution in [0.2, 0.25) is 0 Å². The smallest absolute Gasteiger partial charge is 0.000703 e. The van der Waals surface area contributed by atoms with Gasteiger partial charge in [-0.1, -0.05) is 13.8 Å². The average Bonchev–Trinajstić information content (AvgIpc) is 2.35. The lowest BCUT2D eigenvalue weighted by Gasteiger charge is -2.32. The molecule has 106 valence electrons. The predicted molar refractivity (Wildman–Crippen MR) is 78.9 cm³/mol. The first-order valence-electron chi connectivity index (χ1n) is 8.19. The molecule has 2 unspecified atom stereocenters. The molecule has 18 heavy (non-hydrogen) atoms. The average molecular weight is 252 g/mol. The number of nitrogens with zero attached hydrogens (tertiary/aromatic N) is 2. The zero-order chi connectivity index (χ0) is 12.8. The molecule has 2 nitrogen and oxygen atoms in total. The molecule has 2 saturated heterocycles. The fourth-order valence-electron chi connectivity index (χ4n) is 3.65. The summed E-state index contributed by atoms with van der Waals surface area (Å²) in [4.78, 5) is 5.37. The van der Waals surface area contributed by atoms with Gasteiger partial charge in [0.2, 0.25) is 0 Å². The van der Waals surface area contributed by atoms with Gasteiger partial charge < -0.3 is 9.80 Å². The Balaban J connectivity index is 1.52. The van der Waals surface area contributed by atoms with Gasteiger partial charge >= 0.3 is 0 Å². The van der Waals surface area contributed by atoms with Crippen LogP contribution in [0.3, 0.4) is 0 Å². The van der Waals surface area contributed by atoms with E-state index >= 15 is 0 Å². The molecule has 0 aromatic rings. The molecule has 0 bridgehead atoms. The second kappa shape index (κ2) is 7.49. The van der Waals surface area contributed by atoms with E-state index in [0.717, 1.165) is 11.8 Å². The zero-order valence-corrected chi connectivity index (χ0v) is 12.5. The molecule has 0 aromatic carbocycles. The molecule has 2 heterocycles. The maximum Gasteiger partial charge on any atom is 0.000703 e. The van der Waals surface area contributed by atoms with Gasteiger partial charge in [-0.25, -0.2) is 0 Å². The van der Waals surface area contributed by atoms with Gasteiger partial charge in [0.25, 0.3) is 0 Å². The van der Waals surface area contributed by atoms with Crippen molar-refractivity contribution in [3.8, 4) is 0 Å². The van der Waals surface area contributed by atoms with Crippen molar-refractivity contribution in [3.63, 3.8) is 0 Å². The van der Waals surface area contributed by atoms with E-state index in [-0.39, 0.29) is 0 Å². The van der Waals surface area contributed by atoms with Crippen LogP contribution in [-0.4, -0.2) is 49.1 Å². The van der Waals surface area contributed by atoms with Crippen molar-refractivity contribution in [1.82, 2.24) is 9.80 Å². The van der Waals surface area contributed by atoms with Crippen molar-refractivity contribution in [1.29, 1.82) is 0 Å². The van der Waals surface area contributed by atoms with Gasteiger partial charge in [-0.2, -0.15) is 0 Å². The molecule has 0 amide bonds. The molecule has 0 spiro atoms. The molecular weight excluding hydrogens is 220 g/mol. The summed E-state index contributed by atoms with van der Waals surface area (Å²) < 4.78 is 0. The molecule has 2 heteroatoms. The zero-order valence-electron chi connectivity index (χ0n) is 12.5. The van der Waals surface area contributed by atoms with E-state index < -0.39 is 0 Å². The quantitative estimate of drug-likeness (QED) is 0.693. The number of likely N-dealkylation sites (tertiary alicyclic amines) is 2. The van der Waals surface area contributed by atoms with Crippen molar-refractivity contribution in [2.24, 2.45) is 11.8 Å². The lowest BCUT2D eigenvalue weighted by molar-refractivity contribution is 0.162. The highest BCUT2D eigenvalue weighted by molar-refractivity contribution is 4.72. The molecule has 0 aliphatic carbocycles. The molecular formula is C16H32N2. The van der Waals surface area contributed by atoms with Gasteiger partial charge in [0, 0.05) is 13.1 Å². The van der Waals surface area contributed by atoms with Crippen LogP contribution in [0.25, 0.3) is 0 Å². The lowest BCUT2D eigenvalue weighted by atomic mass is 9.99. The van der Waals surface area contributed by atoms with E-state index in [4.69, 9.17) is 0 Å². The highest BCUT2D eigenvalue weighted by Crippen LogP contribution is 2.17. The van der Waals surface area contributed by atoms with E-state index in [1.165, 1.54) is 77.8 Å². The largest absolute Gasteiger partial charge is 0.303 e. The maximum absolute atomic E-state index is 2.69. The number of unbranched alkanes of at least 4 members (excludes halogenated alkanes) is 1. The molecule has 0 N–H and O–H groups in total. The van der Waals surface area contributed by atoms with Crippen LogP contribution < -0.4 is 0 Å². The SMILES string of the molecule is CC1CCCN(CCCCN2CCCC(C)C2)C1. The highest BCUT2D eigenvalue weighted by Gasteiger charge is 2.17. The Morgan fingerprint density at radius 2 is 1.22 bits per heavy atom. The van der Waals surface area contributed by atoms with Crippen LogP contribution in [-0.2, 0) is 0 Å². The number of hydrogen-bond acceptors (Lipinski definition) is 2. The van der Waals surface area contributed by atoms with Gasteiger partial charge in [0.15, 0.2) is 0 Å². The van der Waals surface area contributed by atoms with E-state index in [1.807, 2.05) is 0 Å². The minimum absolute atomic E-state index is 0.932. The maximum atomic E-state index is 2.69. The van der Waals surface area contributed by atoms with Gasteiger partial charge in [-0.15, -0.1) is 0 Å². The van der Waals surface area contributed by atoms with Gasteiger partial charge in [-0.3, -0.25) is 0 Å². The molecule has 2 aliphatic rings. The summed E-state index contributed by atoms with van der Waals surface area (Å²) in [6.07, 6.45) is 8.54. The lowest BCUT2D eigenvalue weighted by Crippen LogP contribution is -2.36. The highest BCUT2D eigenvalue weighted by atomic mass is 15.1. The van der Waals surface area contributed by atoms with Gasteiger partial charge in [-0.05, 0) is 76.5 Å².